The zero-order valence-corrected chi connectivity index (χ0v) is 13.6. The van der Waals surface area contributed by atoms with Crippen molar-refractivity contribution in [3.8, 4) is 28.3 Å². The lowest BCUT2D eigenvalue weighted by molar-refractivity contribution is 0.650. The average Bonchev–Trinajstić information content (AvgIpc) is 2.86. The van der Waals surface area contributed by atoms with Crippen LogP contribution in [0.1, 0.15) is 5.69 Å². The third-order valence-corrected chi connectivity index (χ3v) is 4.37. The van der Waals surface area contributed by atoms with Gasteiger partial charge < -0.3 is 0 Å². The van der Waals surface area contributed by atoms with Crippen molar-refractivity contribution in [3.63, 3.8) is 0 Å². The first-order chi connectivity index (χ1) is 11.7. The van der Waals surface area contributed by atoms with Gasteiger partial charge in [-0.2, -0.15) is 0 Å². The Labute approximate surface area is 140 Å². The summed E-state index contributed by atoms with van der Waals surface area (Å²) in [6.07, 6.45) is 0. The van der Waals surface area contributed by atoms with E-state index in [4.69, 9.17) is 4.98 Å². The van der Waals surface area contributed by atoms with Gasteiger partial charge in [0.25, 0.3) is 0 Å². The van der Waals surface area contributed by atoms with Gasteiger partial charge in [0.05, 0.1) is 17.1 Å². The van der Waals surface area contributed by atoms with E-state index in [1.54, 1.807) is 6.07 Å². The van der Waals surface area contributed by atoms with Crippen molar-refractivity contribution in [2.45, 2.75) is 6.92 Å². The zero-order chi connectivity index (χ0) is 16.7. The van der Waals surface area contributed by atoms with Crippen LogP contribution in [0.15, 0.2) is 71.5 Å². The molecule has 2 aromatic carbocycles. The van der Waals surface area contributed by atoms with Crippen molar-refractivity contribution in [1.82, 2.24) is 14.3 Å². The van der Waals surface area contributed by atoms with E-state index in [2.05, 4.69) is 0 Å². The molecule has 0 amide bonds. The number of nitrogens with zero attached hydrogens (tertiary/aromatic N) is 3. The predicted octanol–water partition coefficient (Wildman–Crippen LogP) is 3.65. The molecule has 0 unspecified atom stereocenters. The molecule has 0 N–H and O–H groups in total. The van der Waals surface area contributed by atoms with E-state index >= 15 is 0 Å². The fourth-order valence-electron chi connectivity index (χ4n) is 3.06. The summed E-state index contributed by atoms with van der Waals surface area (Å²) in [5, 5.41) is 0. The number of hydrogen-bond donors (Lipinski definition) is 0. The molecule has 0 fully saturated rings. The van der Waals surface area contributed by atoms with E-state index in [-0.39, 0.29) is 5.43 Å². The van der Waals surface area contributed by atoms with E-state index in [0.717, 1.165) is 28.3 Å². The Bertz CT molecular complexity index is 1030. The van der Waals surface area contributed by atoms with Crippen LogP contribution in [0.3, 0.4) is 0 Å². The van der Waals surface area contributed by atoms with Crippen LogP contribution in [-0.4, -0.2) is 14.3 Å². The lowest BCUT2D eigenvalue weighted by atomic mass is 10.1. The van der Waals surface area contributed by atoms with Crippen molar-refractivity contribution < 1.29 is 0 Å². The van der Waals surface area contributed by atoms with E-state index in [9.17, 15) is 4.79 Å². The minimum atomic E-state index is -0.0658. The standard InChI is InChI=1S/C20H17N3O/c1-14-19-17(23(22(14)2)16-11-7-4-8-12-16)13-18(24)20(21-19)15-9-5-3-6-10-15/h3-13H,1-2H3. The lowest BCUT2D eigenvalue weighted by Gasteiger charge is -2.11. The van der Waals surface area contributed by atoms with E-state index in [1.165, 1.54) is 0 Å². The van der Waals surface area contributed by atoms with Gasteiger partial charge >= 0.3 is 0 Å². The Hall–Kier alpha value is -3.14. The molecule has 4 heteroatoms. The minimum Gasteiger partial charge on any atom is -0.287 e. The molecule has 0 spiro atoms. The second kappa shape index (κ2) is 5.49. The van der Waals surface area contributed by atoms with Gasteiger partial charge in [-0.05, 0) is 19.1 Å². The third-order valence-electron chi connectivity index (χ3n) is 4.37. The molecule has 2 aromatic rings. The fraction of sp³-hybridized carbons (Fsp3) is 0.100. The van der Waals surface area contributed by atoms with Crippen LogP contribution < -0.4 is 5.43 Å². The molecule has 4 rings (SSSR count). The topological polar surface area (TPSA) is 39.8 Å². The highest BCUT2D eigenvalue weighted by molar-refractivity contribution is 5.69. The molecule has 4 nitrogen and oxygen atoms in total. The van der Waals surface area contributed by atoms with Gasteiger partial charge in [-0.25, -0.2) is 4.98 Å². The van der Waals surface area contributed by atoms with Crippen molar-refractivity contribution in [2.75, 3.05) is 0 Å². The Morgan fingerprint density at radius 3 is 2.17 bits per heavy atom. The molecule has 0 bridgehead atoms. The number of rotatable bonds is 2. The van der Waals surface area contributed by atoms with Crippen LogP contribution in [0.5, 0.6) is 0 Å². The van der Waals surface area contributed by atoms with Crippen LogP contribution in [-0.2, 0) is 7.05 Å². The van der Waals surface area contributed by atoms with Crippen molar-refractivity contribution in [1.29, 1.82) is 0 Å². The highest BCUT2D eigenvalue weighted by Crippen LogP contribution is 2.29. The monoisotopic (exact) mass is 315 g/mol. The lowest BCUT2D eigenvalue weighted by Crippen LogP contribution is -2.11. The maximum absolute atomic E-state index is 12.7. The number of pyridine rings is 1. The van der Waals surface area contributed by atoms with Gasteiger partial charge in [-0.1, -0.05) is 48.5 Å². The Balaban J connectivity index is 2.02. The molecule has 2 aliphatic heterocycles. The van der Waals surface area contributed by atoms with Crippen LogP contribution in [0.4, 0.5) is 0 Å². The first kappa shape index (κ1) is 14.5. The van der Waals surface area contributed by atoms with Gasteiger partial charge in [0, 0.05) is 18.7 Å². The maximum atomic E-state index is 12.7. The van der Waals surface area contributed by atoms with E-state index in [1.807, 2.05) is 84.0 Å². The zero-order valence-electron chi connectivity index (χ0n) is 13.6. The molecule has 0 radical (unpaired) electrons. The predicted molar refractivity (Wildman–Crippen MR) is 95.6 cm³/mol. The van der Waals surface area contributed by atoms with Crippen LogP contribution in [0.2, 0.25) is 0 Å². The number of para-hydroxylation sites is 1. The maximum Gasteiger partial charge on any atom is 0.207 e. The number of fused-ring (bicyclic) bond motifs is 1. The Morgan fingerprint density at radius 1 is 0.875 bits per heavy atom. The molecule has 0 atom stereocenters. The fourth-order valence-corrected chi connectivity index (χ4v) is 3.06. The summed E-state index contributed by atoms with van der Waals surface area (Å²) in [4.78, 5) is 17.3. The van der Waals surface area contributed by atoms with Crippen molar-refractivity contribution in [2.24, 2.45) is 7.05 Å². The molecule has 0 saturated heterocycles. The molecule has 24 heavy (non-hydrogen) atoms. The summed E-state index contributed by atoms with van der Waals surface area (Å²) in [6.45, 7) is 2.02. The highest BCUT2D eigenvalue weighted by Gasteiger charge is 2.21. The normalized spacial score (nSPS) is 11.1. The SMILES string of the molecule is Cc1c2nc(-c3ccccc3)c(=O)cc-2n(-c2ccccc2)n1C. The average molecular weight is 315 g/mol. The Morgan fingerprint density at radius 2 is 1.50 bits per heavy atom. The second-order valence-electron chi connectivity index (χ2n) is 5.83. The van der Waals surface area contributed by atoms with E-state index < -0.39 is 0 Å². The molecule has 118 valence electrons. The van der Waals surface area contributed by atoms with Crippen molar-refractivity contribution >= 4 is 0 Å². The first-order valence-electron chi connectivity index (χ1n) is 7.87. The molecule has 0 saturated carbocycles. The second-order valence-corrected chi connectivity index (χ2v) is 5.83. The smallest absolute Gasteiger partial charge is 0.207 e. The quantitative estimate of drug-likeness (QED) is 0.566. The van der Waals surface area contributed by atoms with Gasteiger partial charge in [-0.3, -0.25) is 14.2 Å². The summed E-state index contributed by atoms with van der Waals surface area (Å²) in [5.41, 5.74) is 4.98. The Kier molecular flexibility index (Phi) is 3.31. The number of aromatic nitrogens is 3. The van der Waals surface area contributed by atoms with Crippen LogP contribution in [0.25, 0.3) is 28.3 Å². The largest absolute Gasteiger partial charge is 0.287 e. The van der Waals surface area contributed by atoms with Gasteiger partial charge in [0.1, 0.15) is 11.4 Å². The molecule has 0 aliphatic carbocycles. The summed E-state index contributed by atoms with van der Waals surface area (Å²) in [7, 11) is 1.98. The number of benzene rings is 2. The summed E-state index contributed by atoms with van der Waals surface area (Å²) >= 11 is 0. The first-order valence-corrected chi connectivity index (χ1v) is 7.87. The summed E-state index contributed by atoms with van der Waals surface area (Å²) < 4.78 is 4.05. The minimum absolute atomic E-state index is 0.0658. The molecular weight excluding hydrogens is 298 g/mol. The van der Waals surface area contributed by atoms with Gasteiger partial charge in [-0.15, -0.1) is 0 Å². The summed E-state index contributed by atoms with van der Waals surface area (Å²) in [6, 6.07) is 21.3. The third kappa shape index (κ3) is 2.15. The van der Waals surface area contributed by atoms with Crippen molar-refractivity contribution in [3.05, 3.63) is 82.6 Å². The molecule has 2 aliphatic rings. The van der Waals surface area contributed by atoms with Gasteiger partial charge in [0.2, 0.25) is 5.43 Å². The van der Waals surface area contributed by atoms with E-state index in [0.29, 0.717) is 5.69 Å². The molecular formula is C20H17N3O. The van der Waals surface area contributed by atoms with Gasteiger partial charge in [0.15, 0.2) is 0 Å². The van der Waals surface area contributed by atoms with Crippen LogP contribution in [0, 0.1) is 6.92 Å². The highest BCUT2D eigenvalue weighted by atomic mass is 16.1. The summed E-state index contributed by atoms with van der Waals surface area (Å²) in [5.74, 6) is 0. The van der Waals surface area contributed by atoms with Crippen LogP contribution >= 0.6 is 0 Å². The number of hydrogen-bond acceptors (Lipinski definition) is 2. The molecule has 0 aromatic heterocycles. The molecule has 2 heterocycles.